The quantitative estimate of drug-likeness (QED) is 0.692. The summed E-state index contributed by atoms with van der Waals surface area (Å²) < 4.78 is 0. The van der Waals surface area contributed by atoms with E-state index in [9.17, 15) is 0 Å². The van der Waals surface area contributed by atoms with Crippen molar-refractivity contribution >= 4 is 5.69 Å². The van der Waals surface area contributed by atoms with Gasteiger partial charge in [-0.05, 0) is 24.6 Å². The number of aromatic nitrogens is 1. The van der Waals surface area contributed by atoms with Gasteiger partial charge < -0.3 is 5.73 Å². The highest BCUT2D eigenvalue weighted by atomic mass is 14.7. The predicted octanol–water partition coefficient (Wildman–Crippen LogP) is 2.64. The SMILES string of the molecule is Cc1ccc(-c2ccccc2N)nc1. The largest absolute Gasteiger partial charge is 0.398 e. The number of hydrogen-bond acceptors (Lipinski definition) is 2. The maximum absolute atomic E-state index is 5.85. The fourth-order valence-electron chi connectivity index (χ4n) is 1.36. The Morgan fingerprint density at radius 3 is 2.50 bits per heavy atom. The number of pyridine rings is 1. The fourth-order valence-corrected chi connectivity index (χ4v) is 1.36. The third-order valence-corrected chi connectivity index (χ3v) is 2.15. The summed E-state index contributed by atoms with van der Waals surface area (Å²) in [6.45, 7) is 2.02. The number of anilines is 1. The molecule has 2 rings (SSSR count). The van der Waals surface area contributed by atoms with E-state index in [-0.39, 0.29) is 0 Å². The van der Waals surface area contributed by atoms with Gasteiger partial charge in [-0.25, -0.2) is 0 Å². The minimum Gasteiger partial charge on any atom is -0.398 e. The maximum Gasteiger partial charge on any atom is 0.0722 e. The summed E-state index contributed by atoms with van der Waals surface area (Å²) in [6.07, 6.45) is 1.85. The zero-order valence-corrected chi connectivity index (χ0v) is 8.07. The van der Waals surface area contributed by atoms with Gasteiger partial charge in [0.25, 0.3) is 0 Å². The van der Waals surface area contributed by atoms with Crippen LogP contribution in [0.15, 0.2) is 42.6 Å². The van der Waals surface area contributed by atoms with Gasteiger partial charge in [0, 0.05) is 17.4 Å². The molecule has 1 aromatic heterocycles. The molecule has 0 unspecified atom stereocenters. The summed E-state index contributed by atoms with van der Waals surface area (Å²) in [5.74, 6) is 0. The van der Waals surface area contributed by atoms with Crippen molar-refractivity contribution in [2.45, 2.75) is 6.92 Å². The number of nitrogens with two attached hydrogens (primary N) is 1. The van der Waals surface area contributed by atoms with Gasteiger partial charge in [-0.2, -0.15) is 0 Å². The second-order valence-corrected chi connectivity index (χ2v) is 3.31. The molecule has 70 valence electrons. The summed E-state index contributed by atoms with van der Waals surface area (Å²) in [5, 5.41) is 0. The van der Waals surface area contributed by atoms with Crippen molar-refractivity contribution < 1.29 is 0 Å². The lowest BCUT2D eigenvalue weighted by atomic mass is 10.1. The zero-order valence-electron chi connectivity index (χ0n) is 8.07. The van der Waals surface area contributed by atoms with Crippen molar-refractivity contribution in [2.75, 3.05) is 5.73 Å². The average molecular weight is 184 g/mol. The van der Waals surface area contributed by atoms with Gasteiger partial charge in [0.05, 0.1) is 5.69 Å². The number of para-hydroxylation sites is 1. The van der Waals surface area contributed by atoms with E-state index in [1.54, 1.807) is 0 Å². The van der Waals surface area contributed by atoms with Crippen LogP contribution < -0.4 is 5.73 Å². The number of nitrogens with zero attached hydrogens (tertiary/aromatic N) is 1. The summed E-state index contributed by atoms with van der Waals surface area (Å²) in [5.41, 5.74) is 9.69. The van der Waals surface area contributed by atoms with Crippen LogP contribution in [-0.2, 0) is 0 Å². The smallest absolute Gasteiger partial charge is 0.0722 e. The van der Waals surface area contributed by atoms with Crippen LogP contribution in [0.5, 0.6) is 0 Å². The molecule has 2 N–H and O–H groups in total. The number of rotatable bonds is 1. The lowest BCUT2D eigenvalue weighted by molar-refractivity contribution is 1.27. The molecular weight excluding hydrogens is 172 g/mol. The molecule has 14 heavy (non-hydrogen) atoms. The van der Waals surface area contributed by atoms with E-state index in [1.807, 2.05) is 49.5 Å². The molecule has 0 fully saturated rings. The summed E-state index contributed by atoms with van der Waals surface area (Å²) >= 11 is 0. The van der Waals surface area contributed by atoms with Crippen LogP contribution in [-0.4, -0.2) is 4.98 Å². The molecule has 0 saturated heterocycles. The van der Waals surface area contributed by atoms with E-state index >= 15 is 0 Å². The van der Waals surface area contributed by atoms with E-state index in [0.717, 1.165) is 22.5 Å². The monoisotopic (exact) mass is 184 g/mol. The molecule has 0 saturated carbocycles. The molecule has 1 heterocycles. The van der Waals surface area contributed by atoms with Crippen molar-refractivity contribution in [1.29, 1.82) is 0 Å². The van der Waals surface area contributed by atoms with Crippen molar-refractivity contribution in [3.63, 3.8) is 0 Å². The van der Waals surface area contributed by atoms with Crippen LogP contribution in [0, 0.1) is 6.92 Å². The molecule has 0 bridgehead atoms. The molecule has 0 aliphatic carbocycles. The van der Waals surface area contributed by atoms with Crippen LogP contribution in [0.4, 0.5) is 5.69 Å². The second kappa shape index (κ2) is 3.50. The molecule has 2 aromatic rings. The van der Waals surface area contributed by atoms with Gasteiger partial charge in [0.1, 0.15) is 0 Å². The molecule has 0 radical (unpaired) electrons. The Bertz CT molecular complexity index is 432. The van der Waals surface area contributed by atoms with Crippen LogP contribution in [0.2, 0.25) is 0 Å². The van der Waals surface area contributed by atoms with E-state index in [1.165, 1.54) is 0 Å². The Labute approximate surface area is 83.4 Å². The average Bonchev–Trinajstić information content (AvgIpc) is 2.20. The number of hydrogen-bond donors (Lipinski definition) is 1. The third-order valence-electron chi connectivity index (χ3n) is 2.15. The van der Waals surface area contributed by atoms with E-state index in [0.29, 0.717) is 0 Å². The van der Waals surface area contributed by atoms with Crippen LogP contribution in [0.25, 0.3) is 11.3 Å². The lowest BCUT2D eigenvalue weighted by Crippen LogP contribution is -1.91. The number of nitrogen functional groups attached to an aromatic ring is 1. The van der Waals surface area contributed by atoms with E-state index < -0.39 is 0 Å². The summed E-state index contributed by atoms with van der Waals surface area (Å²) in [6, 6.07) is 11.8. The first-order chi connectivity index (χ1) is 6.77. The van der Waals surface area contributed by atoms with Gasteiger partial charge in [-0.3, -0.25) is 4.98 Å². The van der Waals surface area contributed by atoms with Crippen molar-refractivity contribution in [3.05, 3.63) is 48.2 Å². The highest BCUT2D eigenvalue weighted by molar-refractivity contribution is 5.73. The third kappa shape index (κ3) is 1.59. The van der Waals surface area contributed by atoms with Crippen LogP contribution in [0.1, 0.15) is 5.56 Å². The Balaban J connectivity index is 2.50. The van der Waals surface area contributed by atoms with Gasteiger partial charge in [-0.1, -0.05) is 24.3 Å². The molecule has 0 aliphatic rings. The molecule has 0 spiro atoms. The first-order valence-electron chi connectivity index (χ1n) is 4.55. The summed E-state index contributed by atoms with van der Waals surface area (Å²) in [7, 11) is 0. The Hall–Kier alpha value is -1.83. The molecule has 2 heteroatoms. The predicted molar refractivity (Wildman–Crippen MR) is 58.8 cm³/mol. The molecule has 0 atom stereocenters. The lowest BCUT2D eigenvalue weighted by Gasteiger charge is -2.04. The van der Waals surface area contributed by atoms with Crippen molar-refractivity contribution in [1.82, 2.24) is 4.98 Å². The van der Waals surface area contributed by atoms with E-state index in [2.05, 4.69) is 4.98 Å². The molecule has 1 aromatic carbocycles. The van der Waals surface area contributed by atoms with E-state index in [4.69, 9.17) is 5.73 Å². The summed E-state index contributed by atoms with van der Waals surface area (Å²) in [4.78, 5) is 4.33. The second-order valence-electron chi connectivity index (χ2n) is 3.31. The standard InChI is InChI=1S/C12H12N2/c1-9-6-7-12(14-8-9)10-4-2-3-5-11(10)13/h2-8H,13H2,1H3. The van der Waals surface area contributed by atoms with Crippen LogP contribution in [0.3, 0.4) is 0 Å². The normalized spacial score (nSPS) is 10.1. The minimum absolute atomic E-state index is 0.767. The molecule has 0 aliphatic heterocycles. The zero-order chi connectivity index (χ0) is 9.97. The van der Waals surface area contributed by atoms with Gasteiger partial charge >= 0.3 is 0 Å². The van der Waals surface area contributed by atoms with Gasteiger partial charge in [0.15, 0.2) is 0 Å². The van der Waals surface area contributed by atoms with Crippen molar-refractivity contribution in [2.24, 2.45) is 0 Å². The van der Waals surface area contributed by atoms with Crippen LogP contribution >= 0.6 is 0 Å². The highest BCUT2D eigenvalue weighted by Crippen LogP contribution is 2.23. The maximum atomic E-state index is 5.85. The number of aryl methyl sites for hydroxylation is 1. The molecule has 0 amide bonds. The number of benzene rings is 1. The van der Waals surface area contributed by atoms with Gasteiger partial charge in [0.2, 0.25) is 0 Å². The fraction of sp³-hybridized carbons (Fsp3) is 0.0833. The Morgan fingerprint density at radius 2 is 1.86 bits per heavy atom. The molecule has 2 nitrogen and oxygen atoms in total. The minimum atomic E-state index is 0.767. The van der Waals surface area contributed by atoms with Crippen molar-refractivity contribution in [3.8, 4) is 11.3 Å². The van der Waals surface area contributed by atoms with Gasteiger partial charge in [-0.15, -0.1) is 0 Å². The topological polar surface area (TPSA) is 38.9 Å². The Morgan fingerprint density at radius 1 is 1.07 bits per heavy atom. The Kier molecular flexibility index (Phi) is 2.19. The first kappa shape index (κ1) is 8.75. The highest BCUT2D eigenvalue weighted by Gasteiger charge is 2.01. The first-order valence-corrected chi connectivity index (χ1v) is 4.55. The molecular formula is C12H12N2.